The Morgan fingerprint density at radius 2 is 2.06 bits per heavy atom. The van der Waals surface area contributed by atoms with Crippen LogP contribution in [-0.2, 0) is 4.79 Å². The third-order valence-electron chi connectivity index (χ3n) is 2.19. The Kier molecular flexibility index (Phi) is 7.51. The van der Waals surface area contributed by atoms with E-state index < -0.39 is 0 Å². The standard InChI is InChI=1S/C12H24N4O/c1-12(2,10-16(3)4)9-14-8-11(17)15-7-5-6-13/h14H,5,7-10H2,1-4H3,(H,15,17). The van der Waals surface area contributed by atoms with Gasteiger partial charge in [-0.1, -0.05) is 13.8 Å². The number of carbonyl (C=O) groups is 1. The molecule has 0 bridgehead atoms. The quantitative estimate of drug-likeness (QED) is 0.594. The first kappa shape index (κ1) is 15.9. The van der Waals surface area contributed by atoms with Crippen LogP contribution in [0, 0.1) is 16.7 Å². The number of nitrogens with zero attached hydrogens (tertiary/aromatic N) is 2. The van der Waals surface area contributed by atoms with Crippen molar-refractivity contribution in [3.8, 4) is 6.07 Å². The highest BCUT2D eigenvalue weighted by Crippen LogP contribution is 2.13. The van der Waals surface area contributed by atoms with E-state index in [4.69, 9.17) is 5.26 Å². The molecular formula is C12H24N4O. The predicted molar refractivity (Wildman–Crippen MR) is 68.4 cm³/mol. The molecule has 5 heteroatoms. The number of hydrogen-bond acceptors (Lipinski definition) is 4. The first-order valence-electron chi connectivity index (χ1n) is 5.86. The predicted octanol–water partition coefficient (Wildman–Crippen LogP) is 0.194. The van der Waals surface area contributed by atoms with E-state index in [-0.39, 0.29) is 11.3 Å². The number of amides is 1. The topological polar surface area (TPSA) is 68.2 Å². The zero-order valence-corrected chi connectivity index (χ0v) is 11.3. The van der Waals surface area contributed by atoms with E-state index >= 15 is 0 Å². The maximum absolute atomic E-state index is 11.3. The Balaban J connectivity index is 3.68. The average Bonchev–Trinajstić information content (AvgIpc) is 2.15. The first-order chi connectivity index (χ1) is 7.87. The van der Waals surface area contributed by atoms with Crippen LogP contribution in [0.5, 0.6) is 0 Å². The van der Waals surface area contributed by atoms with E-state index in [2.05, 4.69) is 29.4 Å². The van der Waals surface area contributed by atoms with Crippen molar-refractivity contribution in [2.24, 2.45) is 5.41 Å². The van der Waals surface area contributed by atoms with Crippen LogP contribution in [0.3, 0.4) is 0 Å². The molecule has 0 aromatic rings. The van der Waals surface area contributed by atoms with Gasteiger partial charge in [0.1, 0.15) is 0 Å². The number of rotatable bonds is 8. The molecule has 0 aliphatic carbocycles. The van der Waals surface area contributed by atoms with E-state index in [0.717, 1.165) is 13.1 Å². The third-order valence-corrected chi connectivity index (χ3v) is 2.19. The van der Waals surface area contributed by atoms with Crippen molar-refractivity contribution in [2.45, 2.75) is 20.3 Å². The van der Waals surface area contributed by atoms with Gasteiger partial charge in [-0.15, -0.1) is 0 Å². The lowest BCUT2D eigenvalue weighted by Gasteiger charge is -2.28. The summed E-state index contributed by atoms with van der Waals surface area (Å²) in [4.78, 5) is 13.5. The van der Waals surface area contributed by atoms with Crippen LogP contribution >= 0.6 is 0 Å². The third kappa shape index (κ3) is 9.79. The molecule has 1 amide bonds. The summed E-state index contributed by atoms with van der Waals surface area (Å²) in [6.07, 6.45) is 0.359. The fourth-order valence-corrected chi connectivity index (χ4v) is 1.75. The van der Waals surface area contributed by atoms with Gasteiger partial charge < -0.3 is 15.5 Å². The zero-order valence-electron chi connectivity index (χ0n) is 11.3. The SMILES string of the molecule is CN(C)CC(C)(C)CNCC(=O)NCCC#N. The molecule has 0 aromatic heterocycles. The molecule has 2 N–H and O–H groups in total. The van der Waals surface area contributed by atoms with Crippen molar-refractivity contribution in [1.29, 1.82) is 5.26 Å². The van der Waals surface area contributed by atoms with E-state index in [1.54, 1.807) is 0 Å². The maximum Gasteiger partial charge on any atom is 0.233 e. The monoisotopic (exact) mass is 240 g/mol. The van der Waals surface area contributed by atoms with Gasteiger partial charge in [0.2, 0.25) is 5.91 Å². The molecule has 0 unspecified atom stereocenters. The second-order valence-electron chi connectivity index (χ2n) is 5.26. The highest BCUT2D eigenvalue weighted by molar-refractivity contribution is 5.77. The van der Waals surface area contributed by atoms with Crippen molar-refractivity contribution in [2.75, 3.05) is 40.3 Å². The highest BCUT2D eigenvalue weighted by Gasteiger charge is 2.18. The fraction of sp³-hybridized carbons (Fsp3) is 0.833. The Labute approximate surface area is 104 Å². The molecule has 17 heavy (non-hydrogen) atoms. The van der Waals surface area contributed by atoms with E-state index in [9.17, 15) is 4.79 Å². The molecule has 0 aliphatic heterocycles. The molecule has 0 saturated carbocycles. The van der Waals surface area contributed by atoms with Crippen LogP contribution in [0.15, 0.2) is 0 Å². The first-order valence-corrected chi connectivity index (χ1v) is 5.86. The minimum absolute atomic E-state index is 0.0547. The molecule has 0 rings (SSSR count). The second-order valence-corrected chi connectivity index (χ2v) is 5.26. The summed E-state index contributed by atoms with van der Waals surface area (Å²) in [6.45, 7) is 6.81. The minimum Gasteiger partial charge on any atom is -0.354 e. The van der Waals surface area contributed by atoms with Crippen LogP contribution in [0.4, 0.5) is 0 Å². The summed E-state index contributed by atoms with van der Waals surface area (Å²) in [6, 6.07) is 1.98. The van der Waals surface area contributed by atoms with Gasteiger partial charge in [-0.2, -0.15) is 5.26 Å². The van der Waals surface area contributed by atoms with Gasteiger partial charge in [0.05, 0.1) is 19.0 Å². The van der Waals surface area contributed by atoms with E-state index in [1.807, 2.05) is 20.2 Å². The molecule has 0 saturated heterocycles. The van der Waals surface area contributed by atoms with Crippen molar-refractivity contribution < 1.29 is 4.79 Å². The van der Waals surface area contributed by atoms with Gasteiger partial charge in [0, 0.05) is 19.6 Å². The van der Waals surface area contributed by atoms with Crippen molar-refractivity contribution in [3.05, 3.63) is 0 Å². The smallest absolute Gasteiger partial charge is 0.233 e. The summed E-state index contributed by atoms with van der Waals surface area (Å²) in [7, 11) is 4.08. The lowest BCUT2D eigenvalue weighted by atomic mass is 9.93. The number of nitrogens with one attached hydrogen (secondary N) is 2. The molecule has 0 heterocycles. The summed E-state index contributed by atoms with van der Waals surface area (Å²) in [5.41, 5.74) is 0.135. The second kappa shape index (κ2) is 8.04. The van der Waals surface area contributed by atoms with Crippen LogP contribution in [-0.4, -0.2) is 51.1 Å². The molecule has 98 valence electrons. The van der Waals surface area contributed by atoms with Crippen molar-refractivity contribution >= 4 is 5.91 Å². The summed E-state index contributed by atoms with van der Waals surface area (Å²) < 4.78 is 0. The van der Waals surface area contributed by atoms with Gasteiger partial charge in [-0.05, 0) is 19.5 Å². The summed E-state index contributed by atoms with van der Waals surface area (Å²) in [5, 5.41) is 14.1. The van der Waals surface area contributed by atoms with Crippen molar-refractivity contribution in [3.63, 3.8) is 0 Å². The molecule has 0 aromatic carbocycles. The normalized spacial score (nSPS) is 11.3. The molecule has 5 nitrogen and oxygen atoms in total. The van der Waals surface area contributed by atoms with Gasteiger partial charge >= 0.3 is 0 Å². The molecular weight excluding hydrogens is 216 g/mol. The number of hydrogen-bond donors (Lipinski definition) is 2. The summed E-state index contributed by atoms with van der Waals surface area (Å²) >= 11 is 0. The average molecular weight is 240 g/mol. The number of nitriles is 1. The highest BCUT2D eigenvalue weighted by atomic mass is 16.1. The Hall–Kier alpha value is -1.12. The van der Waals surface area contributed by atoms with Gasteiger partial charge in [-0.25, -0.2) is 0 Å². The van der Waals surface area contributed by atoms with Crippen LogP contribution in [0.1, 0.15) is 20.3 Å². The largest absolute Gasteiger partial charge is 0.354 e. The molecule has 0 fully saturated rings. The van der Waals surface area contributed by atoms with Crippen molar-refractivity contribution in [1.82, 2.24) is 15.5 Å². The lowest BCUT2D eigenvalue weighted by Crippen LogP contribution is -2.41. The van der Waals surface area contributed by atoms with Gasteiger partial charge in [0.25, 0.3) is 0 Å². The molecule has 0 atom stereocenters. The minimum atomic E-state index is -0.0547. The Morgan fingerprint density at radius 3 is 2.59 bits per heavy atom. The fourth-order valence-electron chi connectivity index (χ4n) is 1.75. The molecule has 0 spiro atoms. The lowest BCUT2D eigenvalue weighted by molar-refractivity contribution is -0.120. The van der Waals surface area contributed by atoms with Crippen LogP contribution < -0.4 is 10.6 Å². The van der Waals surface area contributed by atoms with Gasteiger partial charge in [-0.3, -0.25) is 4.79 Å². The summed E-state index contributed by atoms with van der Waals surface area (Å²) in [5.74, 6) is -0.0547. The Bertz CT molecular complexity index is 268. The molecule has 0 aliphatic rings. The van der Waals surface area contributed by atoms with E-state index in [1.165, 1.54) is 0 Å². The Morgan fingerprint density at radius 1 is 1.41 bits per heavy atom. The number of carbonyl (C=O) groups excluding carboxylic acids is 1. The van der Waals surface area contributed by atoms with Crippen LogP contribution in [0.2, 0.25) is 0 Å². The van der Waals surface area contributed by atoms with Crippen LogP contribution in [0.25, 0.3) is 0 Å². The van der Waals surface area contributed by atoms with E-state index in [0.29, 0.717) is 19.5 Å². The zero-order chi connectivity index (χ0) is 13.3. The maximum atomic E-state index is 11.3. The molecule has 0 radical (unpaired) electrons. The van der Waals surface area contributed by atoms with Gasteiger partial charge in [0.15, 0.2) is 0 Å².